The molecule has 1 saturated heterocycles. The number of amides is 1. The molecule has 0 aromatic carbocycles. The van der Waals surface area contributed by atoms with Gasteiger partial charge < -0.3 is 10.6 Å². The average Bonchev–Trinajstić information content (AvgIpc) is 2.61. The fourth-order valence-electron chi connectivity index (χ4n) is 3.42. The van der Waals surface area contributed by atoms with Crippen LogP contribution in [0.1, 0.15) is 58.8 Å². The number of hydrogen-bond donors (Lipinski definition) is 2. The molecule has 104 valence electrons. The summed E-state index contributed by atoms with van der Waals surface area (Å²) >= 11 is 0. The highest BCUT2D eigenvalue weighted by Crippen LogP contribution is 2.28. The van der Waals surface area contributed by atoms with Crippen LogP contribution in [-0.2, 0) is 4.79 Å². The van der Waals surface area contributed by atoms with Gasteiger partial charge in [-0.05, 0) is 50.5 Å². The van der Waals surface area contributed by atoms with Gasteiger partial charge in [0.2, 0.25) is 5.91 Å². The molecule has 3 heteroatoms. The maximum absolute atomic E-state index is 12.3. The van der Waals surface area contributed by atoms with Gasteiger partial charge in [0.05, 0.1) is 6.04 Å². The van der Waals surface area contributed by atoms with Crippen LogP contribution in [0, 0.1) is 11.8 Å². The van der Waals surface area contributed by atoms with E-state index in [0.717, 1.165) is 25.3 Å². The molecule has 1 saturated carbocycles. The van der Waals surface area contributed by atoms with Gasteiger partial charge >= 0.3 is 0 Å². The minimum atomic E-state index is 0.0547. The van der Waals surface area contributed by atoms with Crippen molar-refractivity contribution in [1.82, 2.24) is 10.6 Å². The van der Waals surface area contributed by atoms with E-state index >= 15 is 0 Å². The summed E-state index contributed by atoms with van der Waals surface area (Å²) in [6, 6.07) is 0.456. The van der Waals surface area contributed by atoms with Gasteiger partial charge in [-0.2, -0.15) is 0 Å². The van der Waals surface area contributed by atoms with Crippen LogP contribution in [0.4, 0.5) is 0 Å². The minimum absolute atomic E-state index is 0.0547. The number of carbonyl (C=O) groups is 1. The summed E-state index contributed by atoms with van der Waals surface area (Å²) in [5, 5.41) is 6.67. The second-order valence-corrected chi connectivity index (χ2v) is 6.37. The maximum atomic E-state index is 12.3. The van der Waals surface area contributed by atoms with Crippen molar-refractivity contribution in [2.24, 2.45) is 11.8 Å². The number of hydrogen-bond acceptors (Lipinski definition) is 2. The summed E-state index contributed by atoms with van der Waals surface area (Å²) in [4.78, 5) is 12.3. The number of nitrogens with one attached hydrogen (secondary N) is 2. The molecule has 1 heterocycles. The average molecular weight is 252 g/mol. The lowest BCUT2D eigenvalue weighted by Gasteiger charge is -2.34. The summed E-state index contributed by atoms with van der Waals surface area (Å²) in [6.45, 7) is 5.60. The third-order valence-electron chi connectivity index (χ3n) is 4.64. The van der Waals surface area contributed by atoms with Crippen molar-refractivity contribution in [3.63, 3.8) is 0 Å². The fourth-order valence-corrected chi connectivity index (χ4v) is 3.42. The summed E-state index contributed by atoms with van der Waals surface area (Å²) in [5.74, 6) is 1.69. The zero-order chi connectivity index (χ0) is 13.0. The van der Waals surface area contributed by atoms with E-state index in [1.807, 2.05) is 0 Å². The highest BCUT2D eigenvalue weighted by molar-refractivity contribution is 5.82. The molecule has 2 fully saturated rings. The number of carbonyl (C=O) groups excluding carboxylic acids is 1. The van der Waals surface area contributed by atoms with Gasteiger partial charge in [0.25, 0.3) is 0 Å². The highest BCUT2D eigenvalue weighted by atomic mass is 16.2. The van der Waals surface area contributed by atoms with E-state index < -0.39 is 0 Å². The Bertz CT molecular complexity index is 272. The molecule has 0 bridgehead atoms. The van der Waals surface area contributed by atoms with E-state index in [0.29, 0.717) is 12.0 Å². The van der Waals surface area contributed by atoms with Crippen molar-refractivity contribution in [1.29, 1.82) is 0 Å². The number of rotatable bonds is 2. The molecule has 1 aliphatic heterocycles. The smallest absolute Gasteiger partial charge is 0.237 e. The first-order valence-electron chi connectivity index (χ1n) is 7.70. The van der Waals surface area contributed by atoms with Crippen molar-refractivity contribution in [3.8, 4) is 0 Å². The van der Waals surface area contributed by atoms with Crippen molar-refractivity contribution in [2.45, 2.75) is 70.9 Å². The Balaban J connectivity index is 1.82. The van der Waals surface area contributed by atoms with Crippen LogP contribution in [0.25, 0.3) is 0 Å². The van der Waals surface area contributed by atoms with Gasteiger partial charge in [0.15, 0.2) is 0 Å². The first-order chi connectivity index (χ1) is 8.66. The molecule has 0 aromatic rings. The molecule has 4 unspecified atom stereocenters. The molecular formula is C15H28N2O. The summed E-state index contributed by atoms with van der Waals surface area (Å²) in [7, 11) is 0. The van der Waals surface area contributed by atoms with E-state index in [-0.39, 0.29) is 11.9 Å². The van der Waals surface area contributed by atoms with E-state index in [1.54, 1.807) is 0 Å². The molecule has 4 atom stereocenters. The summed E-state index contributed by atoms with van der Waals surface area (Å²) in [5.41, 5.74) is 0. The lowest BCUT2D eigenvalue weighted by atomic mass is 9.80. The third kappa shape index (κ3) is 3.71. The van der Waals surface area contributed by atoms with E-state index in [1.165, 1.54) is 32.1 Å². The van der Waals surface area contributed by atoms with Crippen LogP contribution in [0.15, 0.2) is 0 Å². The van der Waals surface area contributed by atoms with Gasteiger partial charge in [-0.25, -0.2) is 0 Å². The standard InChI is InChI=1S/C15H28N2O/c1-11-7-8-13(12(2)10-11)17-15(18)14-6-4-3-5-9-16-14/h11-14,16H,3-10H2,1-2H3,(H,17,18). The molecule has 2 rings (SSSR count). The molecule has 3 nitrogen and oxygen atoms in total. The quantitative estimate of drug-likeness (QED) is 0.792. The molecule has 1 amide bonds. The molecule has 2 N–H and O–H groups in total. The molecule has 0 radical (unpaired) electrons. The Hall–Kier alpha value is -0.570. The third-order valence-corrected chi connectivity index (χ3v) is 4.64. The van der Waals surface area contributed by atoms with Crippen molar-refractivity contribution in [3.05, 3.63) is 0 Å². The monoisotopic (exact) mass is 252 g/mol. The second kappa shape index (κ2) is 6.55. The van der Waals surface area contributed by atoms with Gasteiger partial charge in [-0.1, -0.05) is 26.7 Å². The highest BCUT2D eigenvalue weighted by Gasteiger charge is 2.28. The Kier molecular flexibility index (Phi) is 5.04. The predicted molar refractivity (Wildman–Crippen MR) is 74.4 cm³/mol. The lowest BCUT2D eigenvalue weighted by molar-refractivity contribution is -0.124. The van der Waals surface area contributed by atoms with Gasteiger partial charge in [-0.3, -0.25) is 4.79 Å². The maximum Gasteiger partial charge on any atom is 0.237 e. The molecule has 18 heavy (non-hydrogen) atoms. The van der Waals surface area contributed by atoms with E-state index in [9.17, 15) is 4.79 Å². The molecule has 2 aliphatic rings. The van der Waals surface area contributed by atoms with Crippen LogP contribution < -0.4 is 10.6 Å². The molecular weight excluding hydrogens is 224 g/mol. The summed E-state index contributed by atoms with van der Waals surface area (Å²) < 4.78 is 0. The van der Waals surface area contributed by atoms with Crippen LogP contribution in [-0.4, -0.2) is 24.5 Å². The second-order valence-electron chi connectivity index (χ2n) is 6.37. The zero-order valence-electron chi connectivity index (χ0n) is 11.9. The van der Waals surface area contributed by atoms with Gasteiger partial charge in [0, 0.05) is 6.04 Å². The van der Waals surface area contributed by atoms with Crippen LogP contribution in [0.3, 0.4) is 0 Å². The molecule has 1 aliphatic carbocycles. The van der Waals surface area contributed by atoms with E-state index in [4.69, 9.17) is 0 Å². The first-order valence-corrected chi connectivity index (χ1v) is 7.70. The first kappa shape index (κ1) is 13.9. The minimum Gasteiger partial charge on any atom is -0.352 e. The Morgan fingerprint density at radius 1 is 1.11 bits per heavy atom. The zero-order valence-corrected chi connectivity index (χ0v) is 11.9. The Morgan fingerprint density at radius 3 is 2.72 bits per heavy atom. The van der Waals surface area contributed by atoms with E-state index in [2.05, 4.69) is 24.5 Å². The van der Waals surface area contributed by atoms with Gasteiger partial charge in [0.1, 0.15) is 0 Å². The topological polar surface area (TPSA) is 41.1 Å². The van der Waals surface area contributed by atoms with Crippen LogP contribution >= 0.6 is 0 Å². The summed E-state index contributed by atoms with van der Waals surface area (Å²) in [6.07, 6.45) is 8.32. The Morgan fingerprint density at radius 2 is 1.94 bits per heavy atom. The normalized spacial score (nSPS) is 37.9. The van der Waals surface area contributed by atoms with Crippen molar-refractivity contribution < 1.29 is 4.79 Å². The Labute approximate surface area is 111 Å². The largest absolute Gasteiger partial charge is 0.352 e. The molecule has 0 spiro atoms. The fraction of sp³-hybridized carbons (Fsp3) is 0.933. The van der Waals surface area contributed by atoms with Crippen molar-refractivity contribution >= 4 is 5.91 Å². The van der Waals surface area contributed by atoms with Gasteiger partial charge in [-0.15, -0.1) is 0 Å². The predicted octanol–water partition coefficient (Wildman–Crippen LogP) is 2.46. The lowest BCUT2D eigenvalue weighted by Crippen LogP contribution is -2.50. The SMILES string of the molecule is CC1CCC(NC(=O)C2CCCCCN2)C(C)C1. The molecule has 0 aromatic heterocycles. The van der Waals surface area contributed by atoms with Crippen molar-refractivity contribution in [2.75, 3.05) is 6.54 Å². The van der Waals surface area contributed by atoms with Crippen LogP contribution in [0.5, 0.6) is 0 Å². The van der Waals surface area contributed by atoms with Crippen LogP contribution in [0.2, 0.25) is 0 Å².